The van der Waals surface area contributed by atoms with Gasteiger partial charge in [-0.25, -0.2) is 0 Å². The Hall–Kier alpha value is -0.840. The maximum atomic E-state index is 6.26. The van der Waals surface area contributed by atoms with E-state index >= 15 is 0 Å². The maximum Gasteiger partial charge on any atom is 0.122 e. The van der Waals surface area contributed by atoms with E-state index < -0.39 is 0 Å². The third kappa shape index (κ3) is 2.89. The lowest BCUT2D eigenvalue weighted by molar-refractivity contribution is 0.0854. The first-order valence-corrected chi connectivity index (χ1v) is 6.44. The van der Waals surface area contributed by atoms with Gasteiger partial charge in [0.25, 0.3) is 0 Å². The minimum Gasteiger partial charge on any atom is -0.468 e. The summed E-state index contributed by atoms with van der Waals surface area (Å²) in [5.74, 6) is 1.00. The van der Waals surface area contributed by atoms with Crippen LogP contribution in [0.2, 0.25) is 0 Å². The zero-order valence-corrected chi connectivity index (χ0v) is 10.8. The second kappa shape index (κ2) is 5.67. The van der Waals surface area contributed by atoms with Gasteiger partial charge in [-0.05, 0) is 25.6 Å². The maximum absolute atomic E-state index is 6.26. The fourth-order valence-corrected chi connectivity index (χ4v) is 2.44. The van der Waals surface area contributed by atoms with E-state index in [0.29, 0.717) is 0 Å². The van der Waals surface area contributed by atoms with Crippen molar-refractivity contribution >= 4 is 0 Å². The number of nitrogens with two attached hydrogens (primary N) is 1. The highest BCUT2D eigenvalue weighted by atomic mass is 16.3. The van der Waals surface area contributed by atoms with Gasteiger partial charge in [-0.15, -0.1) is 0 Å². The molecule has 17 heavy (non-hydrogen) atoms. The zero-order chi connectivity index (χ0) is 12.3. The zero-order valence-electron chi connectivity index (χ0n) is 10.8. The predicted molar refractivity (Wildman–Crippen MR) is 68.8 cm³/mol. The van der Waals surface area contributed by atoms with Crippen molar-refractivity contribution in [1.29, 1.82) is 0 Å². The smallest absolute Gasteiger partial charge is 0.122 e. The van der Waals surface area contributed by atoms with Gasteiger partial charge in [-0.3, -0.25) is 4.90 Å². The molecule has 0 bridgehead atoms. The van der Waals surface area contributed by atoms with Gasteiger partial charge in [0.2, 0.25) is 0 Å². The van der Waals surface area contributed by atoms with E-state index in [1.165, 1.54) is 0 Å². The first-order chi connectivity index (χ1) is 8.22. The third-order valence-electron chi connectivity index (χ3n) is 3.64. The van der Waals surface area contributed by atoms with Crippen LogP contribution in [0.25, 0.3) is 0 Å². The van der Waals surface area contributed by atoms with Gasteiger partial charge >= 0.3 is 0 Å². The first-order valence-electron chi connectivity index (χ1n) is 6.44. The molecule has 2 heterocycles. The summed E-state index contributed by atoms with van der Waals surface area (Å²) in [4.78, 5) is 4.81. The lowest BCUT2D eigenvalue weighted by Crippen LogP contribution is -2.50. The molecular weight excluding hydrogens is 214 g/mol. The van der Waals surface area contributed by atoms with Gasteiger partial charge in [-0.1, -0.05) is 6.92 Å². The fraction of sp³-hybridized carbons (Fsp3) is 0.692. The van der Waals surface area contributed by atoms with Crippen LogP contribution in [0.4, 0.5) is 0 Å². The minimum absolute atomic E-state index is 0.143. The monoisotopic (exact) mass is 237 g/mol. The Morgan fingerprint density at radius 1 is 1.35 bits per heavy atom. The molecule has 2 atom stereocenters. The lowest BCUT2D eigenvalue weighted by Gasteiger charge is -2.39. The summed E-state index contributed by atoms with van der Waals surface area (Å²) in [6.07, 6.45) is 2.71. The van der Waals surface area contributed by atoms with Crippen molar-refractivity contribution in [2.75, 3.05) is 33.2 Å². The van der Waals surface area contributed by atoms with Crippen LogP contribution in [-0.2, 0) is 0 Å². The molecule has 4 heteroatoms. The molecule has 0 spiro atoms. The predicted octanol–water partition coefficient (Wildman–Crippen LogP) is 1.31. The molecular formula is C13H23N3O. The van der Waals surface area contributed by atoms with Crippen molar-refractivity contribution in [2.24, 2.45) is 5.73 Å². The van der Waals surface area contributed by atoms with Gasteiger partial charge in [0.15, 0.2) is 0 Å². The number of hydrogen-bond donors (Lipinski definition) is 1. The Bertz CT molecular complexity index is 317. The van der Waals surface area contributed by atoms with Gasteiger partial charge in [0.05, 0.1) is 12.3 Å². The Labute approximate surface area is 103 Å². The second-order valence-electron chi connectivity index (χ2n) is 4.87. The van der Waals surface area contributed by atoms with Crippen LogP contribution in [0.3, 0.4) is 0 Å². The molecule has 0 aromatic carbocycles. The van der Waals surface area contributed by atoms with Crippen LogP contribution in [0.5, 0.6) is 0 Å². The SMILES string of the molecule is CCC(N)C(c1ccco1)N1CCN(C)CC1. The summed E-state index contributed by atoms with van der Waals surface area (Å²) in [7, 11) is 2.17. The standard InChI is InChI=1S/C13H23N3O/c1-3-11(14)13(12-5-4-10-17-12)16-8-6-15(2)7-9-16/h4-5,10-11,13H,3,6-9,14H2,1-2H3. The highest BCUT2D eigenvalue weighted by Gasteiger charge is 2.29. The quantitative estimate of drug-likeness (QED) is 0.857. The molecule has 2 N–H and O–H groups in total. The highest BCUT2D eigenvalue weighted by molar-refractivity contribution is 5.08. The van der Waals surface area contributed by atoms with Crippen LogP contribution in [0.15, 0.2) is 22.8 Å². The molecule has 1 fully saturated rings. The molecule has 1 aromatic rings. The van der Waals surface area contributed by atoms with Gasteiger partial charge in [0, 0.05) is 32.2 Å². The molecule has 1 aromatic heterocycles. The summed E-state index contributed by atoms with van der Waals surface area (Å²) in [5, 5.41) is 0. The summed E-state index contributed by atoms with van der Waals surface area (Å²) >= 11 is 0. The van der Waals surface area contributed by atoms with Crippen LogP contribution < -0.4 is 5.73 Å². The molecule has 0 amide bonds. The van der Waals surface area contributed by atoms with Gasteiger partial charge in [-0.2, -0.15) is 0 Å². The number of furan rings is 1. The Balaban J connectivity index is 2.10. The number of rotatable bonds is 4. The molecule has 1 saturated heterocycles. The summed E-state index contributed by atoms with van der Waals surface area (Å²) in [6, 6.07) is 4.35. The third-order valence-corrected chi connectivity index (χ3v) is 3.64. The molecule has 2 unspecified atom stereocenters. The Kier molecular flexibility index (Phi) is 4.20. The topological polar surface area (TPSA) is 45.6 Å². The van der Waals surface area contributed by atoms with E-state index in [1.807, 2.05) is 12.1 Å². The van der Waals surface area contributed by atoms with E-state index in [4.69, 9.17) is 10.2 Å². The van der Waals surface area contributed by atoms with Crippen molar-refractivity contribution in [3.05, 3.63) is 24.2 Å². The van der Waals surface area contributed by atoms with Gasteiger partial charge < -0.3 is 15.1 Å². The van der Waals surface area contributed by atoms with Crippen molar-refractivity contribution in [1.82, 2.24) is 9.80 Å². The molecule has 4 nitrogen and oxygen atoms in total. The Morgan fingerprint density at radius 3 is 2.59 bits per heavy atom. The molecule has 96 valence electrons. The first kappa shape index (κ1) is 12.6. The number of likely N-dealkylation sites (N-methyl/N-ethyl adjacent to an activating group) is 1. The van der Waals surface area contributed by atoms with Crippen LogP contribution in [0, 0.1) is 0 Å². The molecule has 1 aliphatic heterocycles. The molecule has 0 saturated carbocycles. The van der Waals surface area contributed by atoms with Crippen molar-refractivity contribution in [3.63, 3.8) is 0 Å². The fourth-order valence-electron chi connectivity index (χ4n) is 2.44. The second-order valence-corrected chi connectivity index (χ2v) is 4.87. The van der Waals surface area contributed by atoms with E-state index in [-0.39, 0.29) is 12.1 Å². The Morgan fingerprint density at radius 2 is 2.06 bits per heavy atom. The lowest BCUT2D eigenvalue weighted by atomic mass is 10.0. The van der Waals surface area contributed by atoms with E-state index in [1.54, 1.807) is 6.26 Å². The largest absolute Gasteiger partial charge is 0.468 e. The normalized spacial score (nSPS) is 22.5. The van der Waals surface area contributed by atoms with E-state index in [9.17, 15) is 0 Å². The number of hydrogen-bond acceptors (Lipinski definition) is 4. The van der Waals surface area contributed by atoms with Crippen LogP contribution in [0.1, 0.15) is 25.1 Å². The van der Waals surface area contributed by atoms with E-state index in [0.717, 1.165) is 38.4 Å². The van der Waals surface area contributed by atoms with Crippen molar-refractivity contribution in [3.8, 4) is 0 Å². The summed E-state index contributed by atoms with van der Waals surface area (Å²) in [5.41, 5.74) is 6.26. The van der Waals surface area contributed by atoms with Crippen molar-refractivity contribution in [2.45, 2.75) is 25.4 Å². The highest BCUT2D eigenvalue weighted by Crippen LogP contribution is 2.26. The van der Waals surface area contributed by atoms with Crippen LogP contribution in [-0.4, -0.2) is 49.1 Å². The molecule has 0 aliphatic carbocycles. The average Bonchev–Trinajstić information content (AvgIpc) is 2.85. The molecule has 0 radical (unpaired) electrons. The minimum atomic E-state index is 0.143. The van der Waals surface area contributed by atoms with E-state index in [2.05, 4.69) is 23.8 Å². The molecule has 2 rings (SSSR count). The average molecular weight is 237 g/mol. The number of piperazine rings is 1. The number of nitrogens with zero attached hydrogens (tertiary/aromatic N) is 2. The summed E-state index contributed by atoms with van der Waals surface area (Å²) in [6.45, 7) is 6.48. The van der Waals surface area contributed by atoms with Crippen LogP contribution >= 0.6 is 0 Å². The van der Waals surface area contributed by atoms with Crippen molar-refractivity contribution < 1.29 is 4.42 Å². The van der Waals surface area contributed by atoms with Gasteiger partial charge in [0.1, 0.15) is 5.76 Å². The molecule has 1 aliphatic rings. The summed E-state index contributed by atoms with van der Waals surface area (Å²) < 4.78 is 5.56.